The number of primary amides is 1. The molecule has 0 aliphatic heterocycles. The van der Waals surface area contributed by atoms with Crippen molar-refractivity contribution in [3.63, 3.8) is 0 Å². The van der Waals surface area contributed by atoms with E-state index in [1.807, 2.05) is 13.8 Å². The molecule has 1 unspecified atom stereocenters. The van der Waals surface area contributed by atoms with E-state index in [9.17, 15) is 18.4 Å². The summed E-state index contributed by atoms with van der Waals surface area (Å²) in [5, 5.41) is 6.86. The summed E-state index contributed by atoms with van der Waals surface area (Å²) in [6, 6.07) is 4.18. The number of amides is 1. The van der Waals surface area contributed by atoms with Crippen molar-refractivity contribution in [1.82, 2.24) is 15.5 Å². The number of allylic oxidation sites excluding steroid dienone is 1. The molecule has 0 bridgehead atoms. The lowest BCUT2D eigenvalue weighted by molar-refractivity contribution is -0.117. The van der Waals surface area contributed by atoms with Crippen molar-refractivity contribution in [1.29, 1.82) is 0 Å². The molecule has 2 aromatic rings. The minimum absolute atomic E-state index is 0.00191. The van der Waals surface area contributed by atoms with Crippen LogP contribution in [-0.2, 0) is 15.0 Å². The Labute approximate surface area is 208 Å². The molecule has 192 valence electrons. The second-order valence-electron chi connectivity index (χ2n) is 7.27. The second-order valence-corrected chi connectivity index (χ2v) is 7.68. The number of carbonyl (C=O) groups excluding carboxylic acids is 2. The Morgan fingerprint density at radius 2 is 2.03 bits per heavy atom. The highest BCUT2D eigenvalue weighted by molar-refractivity contribution is 6.31. The predicted octanol–water partition coefficient (Wildman–Crippen LogP) is 2.96. The maximum Gasteiger partial charge on any atom is 0.273 e. The molecule has 9 nitrogen and oxygen atoms in total. The van der Waals surface area contributed by atoms with Gasteiger partial charge in [0.15, 0.2) is 5.82 Å². The number of hydrogen-bond donors (Lipinski definition) is 3. The largest absolute Gasteiger partial charge is 0.394 e. The van der Waals surface area contributed by atoms with E-state index in [1.54, 1.807) is 13.1 Å². The Kier molecular flexibility index (Phi) is 12.2. The number of alkyl halides is 1. The van der Waals surface area contributed by atoms with Gasteiger partial charge in [-0.25, -0.2) is 8.78 Å². The summed E-state index contributed by atoms with van der Waals surface area (Å²) in [4.78, 5) is 28.3. The van der Waals surface area contributed by atoms with Gasteiger partial charge in [0.05, 0.1) is 29.9 Å². The van der Waals surface area contributed by atoms with Crippen LogP contribution in [0.3, 0.4) is 0 Å². The fraction of sp³-hybridized carbons (Fsp3) is 0.435. The standard InChI is InChI=1S/C18H17ClF2N4O2.C3H8N2O.C2H6/c1-10(20)15(23-6-7-26)9-14(22)16-24-17(25-27-16)18(4-5-18)12-3-2-11(21)8-13(12)19;1-5-2-3(4)6;1-2/h2-3,7-10H,4-6,22H2,1H3;5H,2H2,1H3,(H2,4,6);1-2H3/b14-9-,23-15?;;. The third-order valence-electron chi connectivity index (χ3n) is 4.71. The first kappa shape index (κ1) is 29.9. The number of nitrogens with two attached hydrogens (primary N) is 2. The fourth-order valence-electron chi connectivity index (χ4n) is 2.98. The van der Waals surface area contributed by atoms with E-state index in [-0.39, 0.29) is 41.3 Å². The van der Waals surface area contributed by atoms with Crippen molar-refractivity contribution in [2.45, 2.75) is 45.2 Å². The summed E-state index contributed by atoms with van der Waals surface area (Å²) < 4.78 is 32.1. The van der Waals surface area contributed by atoms with Crippen LogP contribution in [0.15, 0.2) is 33.8 Å². The lowest BCUT2D eigenvalue weighted by Gasteiger charge is -2.12. The fourth-order valence-corrected chi connectivity index (χ4v) is 3.32. The van der Waals surface area contributed by atoms with Gasteiger partial charge in [0.2, 0.25) is 5.91 Å². The summed E-state index contributed by atoms with van der Waals surface area (Å²) in [6.45, 7) is 5.37. The van der Waals surface area contributed by atoms with Gasteiger partial charge in [-0.15, -0.1) is 0 Å². The summed E-state index contributed by atoms with van der Waals surface area (Å²) in [6.07, 6.45) is 1.86. The molecule has 12 heteroatoms. The van der Waals surface area contributed by atoms with Crippen molar-refractivity contribution < 1.29 is 22.9 Å². The molecule has 1 fully saturated rings. The number of aliphatic imine (C=N–C) groups is 1. The third-order valence-corrected chi connectivity index (χ3v) is 5.02. The van der Waals surface area contributed by atoms with Crippen LogP contribution in [0.5, 0.6) is 0 Å². The van der Waals surface area contributed by atoms with E-state index in [4.69, 9.17) is 27.6 Å². The lowest BCUT2D eigenvalue weighted by atomic mass is 9.95. The van der Waals surface area contributed by atoms with Crippen molar-refractivity contribution in [2.75, 3.05) is 20.1 Å². The first-order valence-electron chi connectivity index (χ1n) is 11.0. The zero-order chi connectivity index (χ0) is 26.6. The molecule has 1 aliphatic rings. The van der Waals surface area contributed by atoms with Gasteiger partial charge in [-0.3, -0.25) is 9.79 Å². The van der Waals surface area contributed by atoms with Crippen LogP contribution in [0, 0.1) is 5.82 Å². The molecule has 0 saturated heterocycles. The summed E-state index contributed by atoms with van der Waals surface area (Å²) in [5.41, 5.74) is 10.8. The number of nitrogens with one attached hydrogen (secondary N) is 1. The van der Waals surface area contributed by atoms with E-state index in [2.05, 4.69) is 20.4 Å². The van der Waals surface area contributed by atoms with Crippen LogP contribution < -0.4 is 16.8 Å². The molecular weight excluding hydrogens is 482 g/mol. The van der Waals surface area contributed by atoms with Crippen LogP contribution in [0.4, 0.5) is 8.78 Å². The van der Waals surface area contributed by atoms with E-state index in [0.29, 0.717) is 17.7 Å². The maximum atomic E-state index is 13.6. The Bertz CT molecular complexity index is 1050. The van der Waals surface area contributed by atoms with Crippen LogP contribution in [-0.4, -0.2) is 54.4 Å². The minimum Gasteiger partial charge on any atom is -0.394 e. The SMILES string of the molecule is CC.CC(F)C(/C=C(\N)c1nc(C2(c3ccc(F)cc3Cl)CC2)no1)=NCC=O.CNCC(N)=O. The molecule has 1 aliphatic carbocycles. The highest BCUT2D eigenvalue weighted by Gasteiger charge is 2.51. The van der Waals surface area contributed by atoms with Gasteiger partial charge in [-0.2, -0.15) is 4.98 Å². The van der Waals surface area contributed by atoms with E-state index in [1.165, 1.54) is 25.1 Å². The molecule has 3 rings (SSSR count). The maximum absolute atomic E-state index is 13.6. The molecule has 5 N–H and O–H groups in total. The van der Waals surface area contributed by atoms with Crippen LogP contribution in [0.2, 0.25) is 5.02 Å². The number of halogens is 3. The van der Waals surface area contributed by atoms with E-state index in [0.717, 1.165) is 12.8 Å². The smallest absolute Gasteiger partial charge is 0.273 e. The van der Waals surface area contributed by atoms with Crippen molar-refractivity contribution in [2.24, 2.45) is 16.5 Å². The topological polar surface area (TPSA) is 149 Å². The quantitative estimate of drug-likeness (QED) is 0.345. The Hall–Kier alpha value is -3.18. The van der Waals surface area contributed by atoms with Crippen LogP contribution >= 0.6 is 11.6 Å². The molecule has 1 heterocycles. The monoisotopic (exact) mass is 512 g/mol. The minimum atomic E-state index is -1.42. The Morgan fingerprint density at radius 3 is 2.49 bits per heavy atom. The lowest BCUT2D eigenvalue weighted by Crippen LogP contribution is -2.25. The second kappa shape index (κ2) is 14.3. The molecule has 1 aromatic carbocycles. The number of hydrogen-bond acceptors (Lipinski definition) is 8. The van der Waals surface area contributed by atoms with Crippen molar-refractivity contribution in [3.8, 4) is 0 Å². The molecule has 35 heavy (non-hydrogen) atoms. The van der Waals surface area contributed by atoms with Gasteiger partial charge in [0, 0.05) is 5.02 Å². The number of aldehydes is 1. The molecule has 1 atom stereocenters. The highest BCUT2D eigenvalue weighted by atomic mass is 35.5. The number of carbonyl (C=O) groups is 2. The molecular formula is C23H31ClF2N6O3. The zero-order valence-corrected chi connectivity index (χ0v) is 20.9. The number of likely N-dealkylation sites (N-methyl/N-ethyl adjacent to an activating group) is 1. The van der Waals surface area contributed by atoms with Gasteiger partial charge in [-0.05, 0) is 50.6 Å². The predicted molar refractivity (Wildman–Crippen MR) is 131 cm³/mol. The van der Waals surface area contributed by atoms with Crippen LogP contribution in [0.1, 0.15) is 50.9 Å². The van der Waals surface area contributed by atoms with Crippen LogP contribution in [0.25, 0.3) is 5.70 Å². The molecule has 0 radical (unpaired) electrons. The van der Waals surface area contributed by atoms with Crippen molar-refractivity contribution in [3.05, 3.63) is 52.4 Å². The Morgan fingerprint density at radius 1 is 1.37 bits per heavy atom. The summed E-state index contributed by atoms with van der Waals surface area (Å²) in [7, 11) is 1.67. The number of rotatable bonds is 9. The molecule has 1 saturated carbocycles. The van der Waals surface area contributed by atoms with E-state index >= 15 is 0 Å². The average Bonchev–Trinajstić information content (AvgIpc) is 3.45. The number of nitrogens with zero attached hydrogens (tertiary/aromatic N) is 3. The van der Waals surface area contributed by atoms with Gasteiger partial charge >= 0.3 is 0 Å². The van der Waals surface area contributed by atoms with Gasteiger partial charge in [0.25, 0.3) is 5.89 Å². The van der Waals surface area contributed by atoms with Gasteiger partial charge in [-0.1, -0.05) is 36.7 Å². The molecule has 1 aromatic heterocycles. The molecule has 1 amide bonds. The zero-order valence-electron chi connectivity index (χ0n) is 20.1. The third kappa shape index (κ3) is 8.52. The summed E-state index contributed by atoms with van der Waals surface area (Å²) in [5.74, 6) is -0.364. The first-order valence-corrected chi connectivity index (χ1v) is 11.3. The van der Waals surface area contributed by atoms with Crippen molar-refractivity contribution >= 4 is 35.2 Å². The highest BCUT2D eigenvalue weighted by Crippen LogP contribution is 2.54. The average molecular weight is 513 g/mol. The number of benzene rings is 1. The molecule has 0 spiro atoms. The Balaban J connectivity index is 0.000000670. The van der Waals surface area contributed by atoms with Gasteiger partial charge in [0.1, 0.15) is 18.3 Å². The normalized spacial score (nSPS) is 15.2. The van der Waals surface area contributed by atoms with Gasteiger partial charge < -0.3 is 26.1 Å². The number of aromatic nitrogens is 2. The first-order chi connectivity index (χ1) is 16.6. The van der Waals surface area contributed by atoms with E-state index < -0.39 is 17.4 Å². The summed E-state index contributed by atoms with van der Waals surface area (Å²) >= 11 is 6.18.